The minimum atomic E-state index is -0.562. The van der Waals surface area contributed by atoms with Gasteiger partial charge in [0.15, 0.2) is 0 Å². The molecule has 7 nitrogen and oxygen atoms in total. The fourth-order valence-corrected chi connectivity index (χ4v) is 2.18. The number of hydrogen-bond acceptors (Lipinski definition) is 5. The lowest BCUT2D eigenvalue weighted by Gasteiger charge is -2.12. The molecule has 1 unspecified atom stereocenters. The summed E-state index contributed by atoms with van der Waals surface area (Å²) in [5, 5.41) is 16.5. The third-order valence-electron chi connectivity index (χ3n) is 3.06. The maximum absolute atomic E-state index is 12.0. The van der Waals surface area contributed by atoms with Gasteiger partial charge in [-0.25, -0.2) is 9.50 Å². The predicted octanol–water partition coefficient (Wildman–Crippen LogP) is 0.878. The Hall–Kier alpha value is -2.02. The van der Waals surface area contributed by atoms with E-state index in [0.717, 1.165) is 11.4 Å². The van der Waals surface area contributed by atoms with Crippen LogP contribution in [-0.2, 0) is 0 Å². The van der Waals surface area contributed by atoms with Crippen molar-refractivity contribution in [1.82, 2.24) is 24.9 Å². The average Bonchev–Trinajstić information content (AvgIpc) is 2.79. The predicted molar refractivity (Wildman–Crippen MR) is 78.1 cm³/mol. The lowest BCUT2D eigenvalue weighted by atomic mass is 10.1. The number of aryl methyl sites for hydroxylation is 2. The summed E-state index contributed by atoms with van der Waals surface area (Å²) in [6.45, 7) is 7.98. The zero-order chi connectivity index (χ0) is 15.6. The van der Waals surface area contributed by atoms with Gasteiger partial charge in [0, 0.05) is 17.9 Å². The van der Waals surface area contributed by atoms with Gasteiger partial charge in [-0.05, 0) is 32.3 Å². The first-order valence-electron chi connectivity index (χ1n) is 7.04. The molecule has 2 heterocycles. The molecule has 0 spiro atoms. The average molecular weight is 291 g/mol. The molecule has 0 radical (unpaired) electrons. The van der Waals surface area contributed by atoms with E-state index in [1.807, 2.05) is 33.8 Å². The van der Waals surface area contributed by atoms with Crippen LogP contribution in [0.5, 0.6) is 0 Å². The first-order chi connectivity index (χ1) is 9.86. The van der Waals surface area contributed by atoms with Gasteiger partial charge >= 0.3 is 0 Å². The molecular weight excluding hydrogens is 270 g/mol. The first-order valence-corrected chi connectivity index (χ1v) is 7.04. The van der Waals surface area contributed by atoms with Gasteiger partial charge in [0.25, 0.3) is 11.7 Å². The molecule has 2 aromatic heterocycles. The Labute approximate surface area is 123 Å². The molecule has 0 aliphatic rings. The third kappa shape index (κ3) is 3.75. The van der Waals surface area contributed by atoms with Crippen LogP contribution in [0.15, 0.2) is 6.07 Å². The van der Waals surface area contributed by atoms with Crippen LogP contribution in [0.4, 0.5) is 0 Å². The van der Waals surface area contributed by atoms with Crippen LogP contribution in [0.25, 0.3) is 5.78 Å². The normalized spacial score (nSPS) is 12.9. The molecule has 21 heavy (non-hydrogen) atoms. The molecule has 7 heteroatoms. The SMILES string of the molecule is Cc1cc(C)n2nc(C(=O)NCC(O)CC(C)C)nc2n1. The van der Waals surface area contributed by atoms with Crippen molar-refractivity contribution >= 4 is 11.7 Å². The van der Waals surface area contributed by atoms with Crippen molar-refractivity contribution < 1.29 is 9.90 Å². The zero-order valence-electron chi connectivity index (χ0n) is 12.8. The largest absolute Gasteiger partial charge is 0.391 e. The third-order valence-corrected chi connectivity index (χ3v) is 3.06. The van der Waals surface area contributed by atoms with Gasteiger partial charge in [0.2, 0.25) is 5.82 Å². The number of amides is 1. The van der Waals surface area contributed by atoms with Crippen LogP contribution in [0.1, 0.15) is 42.3 Å². The van der Waals surface area contributed by atoms with Crippen LogP contribution in [0.3, 0.4) is 0 Å². The number of carbonyl (C=O) groups is 1. The van der Waals surface area contributed by atoms with E-state index in [4.69, 9.17) is 0 Å². The Morgan fingerprint density at radius 1 is 1.38 bits per heavy atom. The molecule has 0 saturated carbocycles. The molecule has 0 aromatic carbocycles. The molecule has 0 fully saturated rings. The Morgan fingerprint density at radius 3 is 2.76 bits per heavy atom. The summed E-state index contributed by atoms with van der Waals surface area (Å²) in [7, 11) is 0. The van der Waals surface area contributed by atoms with Gasteiger partial charge in [-0.2, -0.15) is 4.98 Å². The highest BCUT2D eigenvalue weighted by atomic mass is 16.3. The summed E-state index contributed by atoms with van der Waals surface area (Å²) in [5.41, 5.74) is 1.69. The van der Waals surface area contributed by atoms with Gasteiger partial charge in [-0.1, -0.05) is 13.8 Å². The molecule has 1 atom stereocenters. The monoisotopic (exact) mass is 291 g/mol. The Kier molecular flexibility index (Phi) is 4.52. The number of nitrogens with zero attached hydrogens (tertiary/aromatic N) is 4. The van der Waals surface area contributed by atoms with Crippen LogP contribution >= 0.6 is 0 Å². The molecule has 2 rings (SSSR count). The van der Waals surface area contributed by atoms with Crippen molar-refractivity contribution in [3.8, 4) is 0 Å². The number of aliphatic hydroxyl groups excluding tert-OH is 1. The van der Waals surface area contributed by atoms with Gasteiger partial charge in [0.1, 0.15) is 0 Å². The first kappa shape index (κ1) is 15.4. The zero-order valence-corrected chi connectivity index (χ0v) is 12.8. The van der Waals surface area contributed by atoms with E-state index in [1.54, 1.807) is 0 Å². The second-order valence-corrected chi connectivity index (χ2v) is 5.68. The van der Waals surface area contributed by atoms with Gasteiger partial charge < -0.3 is 10.4 Å². The molecule has 0 aliphatic carbocycles. The Balaban J connectivity index is 2.08. The maximum atomic E-state index is 12.0. The van der Waals surface area contributed by atoms with Crippen molar-refractivity contribution in [3.63, 3.8) is 0 Å². The quantitative estimate of drug-likeness (QED) is 0.853. The second-order valence-electron chi connectivity index (χ2n) is 5.68. The highest BCUT2D eigenvalue weighted by Gasteiger charge is 2.16. The van der Waals surface area contributed by atoms with Gasteiger partial charge in [-0.15, -0.1) is 5.10 Å². The summed E-state index contributed by atoms with van der Waals surface area (Å²) in [5.74, 6) is 0.439. The van der Waals surface area contributed by atoms with Gasteiger partial charge in [-0.3, -0.25) is 4.79 Å². The topological polar surface area (TPSA) is 92.4 Å². The summed E-state index contributed by atoms with van der Waals surface area (Å²) in [6.07, 6.45) is 0.0757. The summed E-state index contributed by atoms with van der Waals surface area (Å²) < 4.78 is 1.53. The van der Waals surface area contributed by atoms with Crippen LogP contribution in [-0.4, -0.2) is 43.2 Å². The lowest BCUT2D eigenvalue weighted by Crippen LogP contribution is -2.33. The van der Waals surface area contributed by atoms with E-state index in [2.05, 4.69) is 20.4 Å². The minimum absolute atomic E-state index is 0.0629. The van der Waals surface area contributed by atoms with E-state index in [0.29, 0.717) is 18.1 Å². The smallest absolute Gasteiger partial charge is 0.291 e. The number of aliphatic hydroxyl groups is 1. The fraction of sp³-hybridized carbons (Fsp3) is 0.571. The highest BCUT2D eigenvalue weighted by Crippen LogP contribution is 2.06. The van der Waals surface area contributed by atoms with Crippen molar-refractivity contribution in [2.75, 3.05) is 6.54 Å². The number of rotatable bonds is 5. The highest BCUT2D eigenvalue weighted by molar-refractivity contribution is 5.90. The second kappa shape index (κ2) is 6.17. The van der Waals surface area contributed by atoms with Crippen molar-refractivity contribution in [3.05, 3.63) is 23.3 Å². The number of carbonyl (C=O) groups excluding carboxylic acids is 1. The number of hydrogen-bond donors (Lipinski definition) is 2. The van der Waals surface area contributed by atoms with Crippen LogP contribution in [0.2, 0.25) is 0 Å². The van der Waals surface area contributed by atoms with Crippen molar-refractivity contribution in [1.29, 1.82) is 0 Å². The van der Waals surface area contributed by atoms with E-state index < -0.39 is 12.0 Å². The van der Waals surface area contributed by atoms with E-state index in [-0.39, 0.29) is 12.4 Å². The Morgan fingerprint density at radius 2 is 2.10 bits per heavy atom. The van der Waals surface area contributed by atoms with Crippen LogP contribution < -0.4 is 5.32 Å². The summed E-state index contributed by atoms with van der Waals surface area (Å²) in [4.78, 5) is 20.4. The minimum Gasteiger partial charge on any atom is -0.391 e. The van der Waals surface area contributed by atoms with Gasteiger partial charge in [0.05, 0.1) is 6.10 Å². The molecule has 114 valence electrons. The molecule has 2 N–H and O–H groups in total. The van der Waals surface area contributed by atoms with E-state index in [1.165, 1.54) is 4.52 Å². The molecular formula is C14H21N5O2. The standard InChI is InChI=1S/C14H21N5O2/c1-8(2)5-11(20)7-15-13(21)12-17-14-16-9(3)6-10(4)19(14)18-12/h6,8,11,20H,5,7H2,1-4H3,(H,15,21). The van der Waals surface area contributed by atoms with E-state index in [9.17, 15) is 9.90 Å². The maximum Gasteiger partial charge on any atom is 0.291 e. The van der Waals surface area contributed by atoms with Crippen LogP contribution in [0, 0.1) is 19.8 Å². The number of fused-ring (bicyclic) bond motifs is 1. The molecule has 1 amide bonds. The molecule has 0 saturated heterocycles. The Bertz CT molecular complexity index is 650. The number of nitrogens with one attached hydrogen (secondary N) is 1. The lowest BCUT2D eigenvalue weighted by molar-refractivity contribution is 0.0890. The fourth-order valence-electron chi connectivity index (χ4n) is 2.18. The summed E-state index contributed by atoms with van der Waals surface area (Å²) >= 11 is 0. The molecule has 0 bridgehead atoms. The van der Waals surface area contributed by atoms with E-state index >= 15 is 0 Å². The summed E-state index contributed by atoms with van der Waals surface area (Å²) in [6, 6.07) is 1.87. The number of aromatic nitrogens is 4. The molecule has 2 aromatic rings. The van der Waals surface area contributed by atoms with Crippen molar-refractivity contribution in [2.45, 2.75) is 40.2 Å². The van der Waals surface area contributed by atoms with Crippen molar-refractivity contribution in [2.24, 2.45) is 5.92 Å². The molecule has 0 aliphatic heterocycles.